The zero-order valence-corrected chi connectivity index (χ0v) is 11.8. The number of amides is 1. The molecule has 1 aromatic carbocycles. The summed E-state index contributed by atoms with van der Waals surface area (Å²) in [7, 11) is 0. The number of halogens is 2. The Balaban J connectivity index is 2.44. The monoisotopic (exact) mass is 325 g/mol. The molecule has 0 aliphatic rings. The summed E-state index contributed by atoms with van der Waals surface area (Å²) < 4.78 is 0.742. The van der Waals surface area contributed by atoms with Gasteiger partial charge in [0.1, 0.15) is 0 Å². The Morgan fingerprint density at radius 2 is 2.22 bits per heavy atom. The molecule has 0 saturated heterocycles. The van der Waals surface area contributed by atoms with E-state index in [0.717, 1.165) is 10.0 Å². The van der Waals surface area contributed by atoms with Gasteiger partial charge in [-0.3, -0.25) is 4.79 Å². The van der Waals surface area contributed by atoms with E-state index < -0.39 is 0 Å². The van der Waals surface area contributed by atoms with Crippen LogP contribution in [0, 0.1) is 0 Å². The fraction of sp³-hybridized carbons (Fsp3) is 0.0833. The maximum atomic E-state index is 11.0. The van der Waals surface area contributed by atoms with Gasteiger partial charge in [0.05, 0.1) is 10.2 Å². The zero-order valence-electron chi connectivity index (χ0n) is 9.45. The second-order valence-corrected chi connectivity index (χ2v) is 4.79. The van der Waals surface area contributed by atoms with E-state index >= 15 is 0 Å². The molecule has 2 rings (SSSR count). The van der Waals surface area contributed by atoms with Gasteiger partial charge in [-0.1, -0.05) is 12.1 Å². The Bertz CT molecular complexity index is 604. The highest BCUT2D eigenvalue weighted by molar-refractivity contribution is 9.10. The molecule has 0 spiro atoms. The van der Waals surface area contributed by atoms with Gasteiger partial charge in [-0.25, -0.2) is 9.97 Å². The first-order valence-corrected chi connectivity index (χ1v) is 6.29. The average molecular weight is 327 g/mol. The van der Waals surface area contributed by atoms with Gasteiger partial charge >= 0.3 is 0 Å². The minimum atomic E-state index is -0.119. The van der Waals surface area contributed by atoms with E-state index in [-0.39, 0.29) is 11.2 Å². The van der Waals surface area contributed by atoms with E-state index in [4.69, 9.17) is 11.6 Å². The average Bonchev–Trinajstić information content (AvgIpc) is 2.32. The summed E-state index contributed by atoms with van der Waals surface area (Å²) in [5.41, 5.74) is 2.24. The van der Waals surface area contributed by atoms with Gasteiger partial charge in [-0.15, -0.1) is 0 Å². The maximum absolute atomic E-state index is 11.0. The first-order valence-electron chi connectivity index (χ1n) is 5.12. The van der Waals surface area contributed by atoms with Crippen LogP contribution in [0.25, 0.3) is 11.3 Å². The van der Waals surface area contributed by atoms with E-state index in [9.17, 15) is 4.79 Å². The van der Waals surface area contributed by atoms with Crippen molar-refractivity contribution in [3.63, 3.8) is 0 Å². The molecule has 1 heterocycles. The molecule has 1 amide bonds. The molecule has 0 aliphatic carbocycles. The second-order valence-electron chi connectivity index (χ2n) is 3.60. The van der Waals surface area contributed by atoms with Gasteiger partial charge in [-0.05, 0) is 39.7 Å². The van der Waals surface area contributed by atoms with Crippen molar-refractivity contribution in [3.05, 3.63) is 40.2 Å². The SMILES string of the molecule is CC(=O)Nc1cccc(-c2nc(Cl)ncc2Br)c1. The van der Waals surface area contributed by atoms with E-state index in [1.165, 1.54) is 6.92 Å². The van der Waals surface area contributed by atoms with Crippen molar-refractivity contribution >= 4 is 39.1 Å². The van der Waals surface area contributed by atoms with Crippen LogP contribution in [0.2, 0.25) is 5.28 Å². The van der Waals surface area contributed by atoms with Crippen LogP contribution in [0.4, 0.5) is 5.69 Å². The summed E-state index contributed by atoms with van der Waals surface area (Å²) in [6.07, 6.45) is 1.59. The van der Waals surface area contributed by atoms with Crippen molar-refractivity contribution in [1.29, 1.82) is 0 Å². The number of anilines is 1. The van der Waals surface area contributed by atoms with Crippen molar-refractivity contribution in [3.8, 4) is 11.3 Å². The lowest BCUT2D eigenvalue weighted by molar-refractivity contribution is -0.114. The summed E-state index contributed by atoms with van der Waals surface area (Å²) >= 11 is 9.15. The number of nitrogens with one attached hydrogen (secondary N) is 1. The fourth-order valence-corrected chi connectivity index (χ4v) is 2.05. The molecule has 0 bridgehead atoms. The number of aromatic nitrogens is 2. The van der Waals surface area contributed by atoms with Crippen molar-refractivity contribution < 1.29 is 4.79 Å². The van der Waals surface area contributed by atoms with Gasteiger partial charge < -0.3 is 5.32 Å². The number of carbonyl (C=O) groups is 1. The number of hydrogen-bond donors (Lipinski definition) is 1. The molecule has 0 radical (unpaired) electrons. The number of hydrogen-bond acceptors (Lipinski definition) is 3. The standard InChI is InChI=1S/C12H9BrClN3O/c1-7(18)16-9-4-2-3-8(5-9)11-10(13)6-15-12(14)17-11/h2-6H,1H3,(H,16,18). The molecule has 0 atom stereocenters. The third-order valence-electron chi connectivity index (χ3n) is 2.17. The second kappa shape index (κ2) is 5.46. The van der Waals surface area contributed by atoms with Crippen molar-refractivity contribution in [2.45, 2.75) is 6.92 Å². The van der Waals surface area contributed by atoms with Crippen LogP contribution in [0.15, 0.2) is 34.9 Å². The topological polar surface area (TPSA) is 54.9 Å². The minimum Gasteiger partial charge on any atom is -0.326 e. The third-order valence-corrected chi connectivity index (χ3v) is 2.93. The van der Waals surface area contributed by atoms with Crippen molar-refractivity contribution in [2.24, 2.45) is 0 Å². The van der Waals surface area contributed by atoms with Crippen LogP contribution in [-0.4, -0.2) is 15.9 Å². The Kier molecular flexibility index (Phi) is 3.93. The molecule has 18 heavy (non-hydrogen) atoms. The quantitative estimate of drug-likeness (QED) is 0.859. The Morgan fingerprint density at radius 1 is 1.44 bits per heavy atom. The largest absolute Gasteiger partial charge is 0.326 e. The molecule has 2 aromatic rings. The van der Waals surface area contributed by atoms with Crippen LogP contribution in [0.1, 0.15) is 6.92 Å². The van der Waals surface area contributed by atoms with Gasteiger partial charge in [0.25, 0.3) is 0 Å². The van der Waals surface area contributed by atoms with E-state index in [1.807, 2.05) is 24.3 Å². The van der Waals surface area contributed by atoms with Crippen LogP contribution < -0.4 is 5.32 Å². The Labute approximate surface area is 118 Å². The van der Waals surface area contributed by atoms with Crippen LogP contribution in [0.5, 0.6) is 0 Å². The predicted molar refractivity (Wildman–Crippen MR) is 74.5 cm³/mol. The summed E-state index contributed by atoms with van der Waals surface area (Å²) in [5, 5.41) is 2.90. The molecule has 1 aromatic heterocycles. The molecule has 6 heteroatoms. The van der Waals surface area contributed by atoms with Crippen molar-refractivity contribution in [2.75, 3.05) is 5.32 Å². The maximum Gasteiger partial charge on any atom is 0.222 e. The fourth-order valence-electron chi connectivity index (χ4n) is 1.50. The molecule has 0 saturated carbocycles. The van der Waals surface area contributed by atoms with Gasteiger partial charge in [-0.2, -0.15) is 0 Å². The van der Waals surface area contributed by atoms with E-state index in [1.54, 1.807) is 6.20 Å². The lowest BCUT2D eigenvalue weighted by Crippen LogP contribution is -2.05. The Hall–Kier alpha value is -1.46. The molecule has 0 unspecified atom stereocenters. The normalized spacial score (nSPS) is 10.2. The van der Waals surface area contributed by atoms with Gasteiger partial charge in [0.2, 0.25) is 11.2 Å². The van der Waals surface area contributed by atoms with Gasteiger partial charge in [0, 0.05) is 24.4 Å². The highest BCUT2D eigenvalue weighted by Gasteiger charge is 2.07. The highest BCUT2D eigenvalue weighted by atomic mass is 79.9. The number of nitrogens with zero attached hydrogens (tertiary/aromatic N) is 2. The van der Waals surface area contributed by atoms with E-state index in [2.05, 4.69) is 31.2 Å². The van der Waals surface area contributed by atoms with Gasteiger partial charge in [0.15, 0.2) is 0 Å². The number of carbonyl (C=O) groups excluding carboxylic acids is 1. The molecule has 1 N–H and O–H groups in total. The smallest absolute Gasteiger partial charge is 0.222 e. The number of rotatable bonds is 2. The molecule has 4 nitrogen and oxygen atoms in total. The lowest BCUT2D eigenvalue weighted by Gasteiger charge is -2.07. The summed E-state index contributed by atoms with van der Waals surface area (Å²) in [6, 6.07) is 7.35. The molecule has 0 aliphatic heterocycles. The first-order chi connectivity index (χ1) is 8.56. The van der Waals surface area contributed by atoms with Crippen LogP contribution in [-0.2, 0) is 4.79 Å². The first kappa shape index (κ1) is 13.0. The molecule has 0 fully saturated rings. The lowest BCUT2D eigenvalue weighted by atomic mass is 10.1. The minimum absolute atomic E-state index is 0.119. The van der Waals surface area contributed by atoms with Crippen LogP contribution >= 0.6 is 27.5 Å². The summed E-state index contributed by atoms with van der Waals surface area (Å²) in [4.78, 5) is 19.0. The molecular weight excluding hydrogens is 318 g/mol. The summed E-state index contributed by atoms with van der Waals surface area (Å²) in [6.45, 7) is 1.46. The van der Waals surface area contributed by atoms with Crippen molar-refractivity contribution in [1.82, 2.24) is 9.97 Å². The summed E-state index contributed by atoms with van der Waals surface area (Å²) in [5.74, 6) is -0.119. The Morgan fingerprint density at radius 3 is 2.94 bits per heavy atom. The van der Waals surface area contributed by atoms with E-state index in [0.29, 0.717) is 11.4 Å². The molecular formula is C12H9BrClN3O. The predicted octanol–water partition coefficient (Wildman–Crippen LogP) is 3.52. The third kappa shape index (κ3) is 3.05. The highest BCUT2D eigenvalue weighted by Crippen LogP contribution is 2.28. The molecule has 92 valence electrons. The zero-order chi connectivity index (χ0) is 13.1. The number of benzene rings is 1. The van der Waals surface area contributed by atoms with Crippen LogP contribution in [0.3, 0.4) is 0 Å².